The van der Waals surface area contributed by atoms with Gasteiger partial charge in [0.2, 0.25) is 0 Å². The van der Waals surface area contributed by atoms with Gasteiger partial charge in [-0.3, -0.25) is 14.2 Å². The molecule has 4 aromatic rings. The van der Waals surface area contributed by atoms with Crippen LogP contribution in [0.3, 0.4) is 0 Å². The number of nitrogens with one attached hydrogen (secondary N) is 1. The van der Waals surface area contributed by atoms with Crippen LogP contribution in [0.5, 0.6) is 5.75 Å². The van der Waals surface area contributed by atoms with Gasteiger partial charge in [-0.2, -0.15) is 0 Å². The first-order valence-corrected chi connectivity index (χ1v) is 9.89. The highest BCUT2D eigenvalue weighted by atomic mass is 35.5. The van der Waals surface area contributed by atoms with E-state index >= 15 is 0 Å². The van der Waals surface area contributed by atoms with Crippen LogP contribution in [0.1, 0.15) is 27.8 Å². The van der Waals surface area contributed by atoms with E-state index in [0.29, 0.717) is 22.8 Å². The van der Waals surface area contributed by atoms with Crippen molar-refractivity contribution >= 4 is 28.4 Å². The Labute approximate surface area is 180 Å². The predicted octanol–water partition coefficient (Wildman–Crippen LogP) is 3.91. The normalized spacial score (nSPS) is 15.2. The number of phenolic OH excluding ortho intramolecular Hbond substituents is 1. The maximum atomic E-state index is 13.9. The smallest absolute Gasteiger partial charge is 0.266 e. The van der Waals surface area contributed by atoms with Crippen molar-refractivity contribution in [1.29, 1.82) is 0 Å². The number of aromatic hydroxyl groups is 1. The summed E-state index contributed by atoms with van der Waals surface area (Å²) in [6, 6.07) is 14.4. The monoisotopic (exact) mass is 435 g/mol. The first-order valence-electron chi connectivity index (χ1n) is 9.51. The van der Waals surface area contributed by atoms with Gasteiger partial charge in [0.1, 0.15) is 17.4 Å². The van der Waals surface area contributed by atoms with Gasteiger partial charge in [0.05, 0.1) is 28.2 Å². The van der Waals surface area contributed by atoms with Crippen molar-refractivity contribution < 1.29 is 14.3 Å². The number of hydrogen-bond donors (Lipinski definition) is 2. The summed E-state index contributed by atoms with van der Waals surface area (Å²) in [4.78, 5) is 31.1. The number of phenols is 1. The summed E-state index contributed by atoms with van der Waals surface area (Å²) in [5, 5.41) is 12.9. The second-order valence-electron chi connectivity index (χ2n) is 7.33. The van der Waals surface area contributed by atoms with E-state index in [9.17, 15) is 19.1 Å². The van der Waals surface area contributed by atoms with Crippen molar-refractivity contribution in [2.45, 2.75) is 12.5 Å². The van der Waals surface area contributed by atoms with Crippen molar-refractivity contribution in [1.82, 2.24) is 14.9 Å². The summed E-state index contributed by atoms with van der Waals surface area (Å²) >= 11 is 6.17. The number of amides is 1. The number of carbonyl (C=O) groups excluding carboxylic acids is 1. The number of halogens is 2. The van der Waals surface area contributed by atoms with Crippen LogP contribution in [0.4, 0.5) is 4.39 Å². The van der Waals surface area contributed by atoms with Crippen LogP contribution in [0.15, 0.2) is 65.5 Å². The number of benzene rings is 3. The zero-order chi connectivity index (χ0) is 21.7. The summed E-state index contributed by atoms with van der Waals surface area (Å²) in [5.41, 5.74) is 1.21. The van der Waals surface area contributed by atoms with Crippen molar-refractivity contribution in [3.05, 3.63) is 98.8 Å². The minimum Gasteiger partial charge on any atom is -0.508 e. The van der Waals surface area contributed by atoms with E-state index in [-0.39, 0.29) is 28.3 Å². The standard InChI is InChI=1S/C23H15ClFN3O3/c24-13-3-7-16-20(10-13)28-21(26-18-8-4-14(25)11-17(18)23(28)31)19(27-22(16)30)9-12-1-5-15(29)6-2-12/h1-8,10-11,19,29H,9H2,(H,27,30). The van der Waals surface area contributed by atoms with Gasteiger partial charge in [0.15, 0.2) is 0 Å². The van der Waals surface area contributed by atoms with E-state index < -0.39 is 17.4 Å². The van der Waals surface area contributed by atoms with Crippen LogP contribution in [-0.4, -0.2) is 20.6 Å². The highest BCUT2D eigenvalue weighted by Gasteiger charge is 2.30. The summed E-state index contributed by atoms with van der Waals surface area (Å²) < 4.78 is 15.2. The zero-order valence-corrected chi connectivity index (χ0v) is 16.7. The molecule has 1 amide bonds. The van der Waals surface area contributed by atoms with Crippen LogP contribution < -0.4 is 10.9 Å². The Morgan fingerprint density at radius 3 is 2.61 bits per heavy atom. The second kappa shape index (κ2) is 7.21. The van der Waals surface area contributed by atoms with Crippen molar-refractivity contribution in [2.24, 2.45) is 0 Å². The maximum Gasteiger partial charge on any atom is 0.266 e. The molecule has 1 aliphatic heterocycles. The Morgan fingerprint density at radius 1 is 1.06 bits per heavy atom. The molecule has 31 heavy (non-hydrogen) atoms. The molecule has 0 bridgehead atoms. The molecule has 8 heteroatoms. The lowest BCUT2D eigenvalue weighted by Gasteiger charge is -2.19. The molecular formula is C23H15ClFN3O3. The second-order valence-corrected chi connectivity index (χ2v) is 7.77. The molecule has 0 spiro atoms. The molecule has 0 radical (unpaired) electrons. The quantitative estimate of drug-likeness (QED) is 0.500. The molecule has 0 aliphatic carbocycles. The van der Waals surface area contributed by atoms with Gasteiger partial charge in [-0.1, -0.05) is 23.7 Å². The van der Waals surface area contributed by atoms with Crippen LogP contribution in [0.2, 0.25) is 5.02 Å². The van der Waals surface area contributed by atoms with E-state index in [1.165, 1.54) is 22.8 Å². The minimum atomic E-state index is -0.648. The average Bonchev–Trinajstić information content (AvgIpc) is 2.85. The third-order valence-corrected chi connectivity index (χ3v) is 5.53. The van der Waals surface area contributed by atoms with Crippen LogP contribution in [0, 0.1) is 5.82 Å². The molecule has 5 rings (SSSR count). The molecule has 1 atom stereocenters. The molecule has 0 saturated carbocycles. The zero-order valence-electron chi connectivity index (χ0n) is 16.0. The molecule has 1 aromatic heterocycles. The molecule has 1 aliphatic rings. The lowest BCUT2D eigenvalue weighted by molar-refractivity contribution is 0.0938. The molecule has 1 unspecified atom stereocenters. The predicted molar refractivity (Wildman–Crippen MR) is 114 cm³/mol. The number of hydrogen-bond acceptors (Lipinski definition) is 4. The van der Waals surface area contributed by atoms with Gasteiger partial charge in [0.25, 0.3) is 11.5 Å². The van der Waals surface area contributed by atoms with E-state index in [4.69, 9.17) is 11.6 Å². The Bertz CT molecular complexity index is 1420. The molecule has 0 saturated heterocycles. The van der Waals surface area contributed by atoms with Gasteiger partial charge in [-0.25, -0.2) is 9.37 Å². The Morgan fingerprint density at radius 2 is 1.84 bits per heavy atom. The van der Waals surface area contributed by atoms with E-state index in [2.05, 4.69) is 10.3 Å². The van der Waals surface area contributed by atoms with Crippen molar-refractivity contribution in [3.63, 3.8) is 0 Å². The average molecular weight is 436 g/mol. The molecule has 0 fully saturated rings. The van der Waals surface area contributed by atoms with Gasteiger partial charge in [-0.05, 0) is 60.5 Å². The fourth-order valence-corrected chi connectivity index (χ4v) is 4.00. The Kier molecular flexibility index (Phi) is 4.48. The Hall–Kier alpha value is -3.71. The third kappa shape index (κ3) is 3.33. The van der Waals surface area contributed by atoms with Gasteiger partial charge >= 0.3 is 0 Å². The number of nitrogens with zero attached hydrogens (tertiary/aromatic N) is 2. The van der Waals surface area contributed by atoms with Crippen LogP contribution >= 0.6 is 11.6 Å². The van der Waals surface area contributed by atoms with Crippen molar-refractivity contribution in [2.75, 3.05) is 0 Å². The van der Waals surface area contributed by atoms with Crippen LogP contribution in [-0.2, 0) is 6.42 Å². The fourth-order valence-electron chi connectivity index (χ4n) is 3.83. The number of rotatable bonds is 2. The topological polar surface area (TPSA) is 84.2 Å². The SMILES string of the molecule is O=C1NC(Cc2ccc(O)cc2)c2nc3ccc(F)cc3c(=O)n2-c2cc(Cl)ccc21. The molecule has 2 N–H and O–H groups in total. The van der Waals surface area contributed by atoms with E-state index in [0.717, 1.165) is 11.6 Å². The highest BCUT2D eigenvalue weighted by molar-refractivity contribution is 6.31. The van der Waals surface area contributed by atoms with E-state index in [1.807, 2.05) is 0 Å². The fraction of sp³-hybridized carbons (Fsp3) is 0.0870. The van der Waals surface area contributed by atoms with Gasteiger partial charge < -0.3 is 10.4 Å². The lowest BCUT2D eigenvalue weighted by atomic mass is 10.0. The number of fused-ring (bicyclic) bond motifs is 4. The van der Waals surface area contributed by atoms with Crippen molar-refractivity contribution in [3.8, 4) is 11.4 Å². The summed E-state index contributed by atoms with van der Waals surface area (Å²) in [6.07, 6.45) is 0.326. The molecule has 6 nitrogen and oxygen atoms in total. The first-order chi connectivity index (χ1) is 14.9. The maximum absolute atomic E-state index is 13.9. The molecular weight excluding hydrogens is 421 g/mol. The molecule has 154 valence electrons. The largest absolute Gasteiger partial charge is 0.508 e. The number of aromatic nitrogens is 2. The minimum absolute atomic E-state index is 0.104. The number of carbonyl (C=O) groups is 1. The summed E-state index contributed by atoms with van der Waals surface area (Å²) in [6.45, 7) is 0. The van der Waals surface area contributed by atoms with Crippen LogP contribution in [0.25, 0.3) is 16.6 Å². The summed E-state index contributed by atoms with van der Waals surface area (Å²) in [5.74, 6) is -0.498. The van der Waals surface area contributed by atoms with E-state index in [1.54, 1.807) is 36.4 Å². The first kappa shape index (κ1) is 19.3. The van der Waals surface area contributed by atoms with Gasteiger partial charge in [-0.15, -0.1) is 0 Å². The lowest BCUT2D eigenvalue weighted by Crippen LogP contribution is -2.32. The molecule has 2 heterocycles. The highest BCUT2D eigenvalue weighted by Crippen LogP contribution is 2.29. The summed E-state index contributed by atoms with van der Waals surface area (Å²) in [7, 11) is 0. The molecule has 3 aromatic carbocycles. The third-order valence-electron chi connectivity index (χ3n) is 5.29. The van der Waals surface area contributed by atoms with Gasteiger partial charge in [0, 0.05) is 5.02 Å². The Balaban J connectivity index is 1.80.